The molecule has 0 bridgehead atoms. The molecule has 0 N–H and O–H groups in total. The number of hydrogen-bond donors (Lipinski definition) is 0. The molecule has 25 heavy (non-hydrogen) atoms. The maximum atomic E-state index is 6.17. The van der Waals surface area contributed by atoms with Gasteiger partial charge in [0.25, 0.3) is 0 Å². The van der Waals surface area contributed by atoms with Gasteiger partial charge in [-0.2, -0.15) is 0 Å². The Labute approximate surface area is 147 Å². The van der Waals surface area contributed by atoms with E-state index in [-0.39, 0.29) is 0 Å². The first-order valence-electron chi connectivity index (χ1n) is 9.24. The Morgan fingerprint density at radius 2 is 1.76 bits per heavy atom. The summed E-state index contributed by atoms with van der Waals surface area (Å²) in [5.41, 5.74) is 5.37. The van der Waals surface area contributed by atoms with Crippen molar-refractivity contribution >= 4 is 21.9 Å². The molecule has 0 amide bonds. The molecule has 2 aromatic carbocycles. The molecule has 1 aliphatic rings. The van der Waals surface area contributed by atoms with Crippen LogP contribution in [-0.2, 0) is 6.42 Å². The van der Waals surface area contributed by atoms with E-state index >= 15 is 0 Å². The van der Waals surface area contributed by atoms with Crippen molar-refractivity contribution < 1.29 is 4.42 Å². The van der Waals surface area contributed by atoms with Crippen LogP contribution in [0, 0.1) is 5.92 Å². The molecule has 1 fully saturated rings. The highest BCUT2D eigenvalue weighted by Crippen LogP contribution is 2.35. The van der Waals surface area contributed by atoms with E-state index in [0.29, 0.717) is 0 Å². The highest BCUT2D eigenvalue weighted by atomic mass is 16.3. The van der Waals surface area contributed by atoms with Crippen molar-refractivity contribution in [2.75, 3.05) is 0 Å². The SMILES string of the molecule is c1ccc2c(c1)oc1c(-c3cc(CC4CCCC4)ccn3)cccc12. The lowest BCUT2D eigenvalue weighted by molar-refractivity contribution is 0.546. The van der Waals surface area contributed by atoms with Crippen molar-refractivity contribution in [2.45, 2.75) is 32.1 Å². The van der Waals surface area contributed by atoms with Gasteiger partial charge in [0, 0.05) is 22.5 Å². The summed E-state index contributed by atoms with van der Waals surface area (Å²) in [6.45, 7) is 0. The van der Waals surface area contributed by atoms with Crippen LogP contribution in [0.3, 0.4) is 0 Å². The molecule has 0 unspecified atom stereocenters. The van der Waals surface area contributed by atoms with Crippen molar-refractivity contribution in [1.82, 2.24) is 4.98 Å². The second kappa shape index (κ2) is 6.03. The number of pyridine rings is 1. The van der Waals surface area contributed by atoms with Crippen LogP contribution in [-0.4, -0.2) is 4.98 Å². The third-order valence-corrected chi connectivity index (χ3v) is 5.50. The molecule has 0 spiro atoms. The number of furan rings is 1. The molecule has 1 aliphatic carbocycles. The predicted molar refractivity (Wildman–Crippen MR) is 103 cm³/mol. The van der Waals surface area contributed by atoms with Gasteiger partial charge >= 0.3 is 0 Å². The summed E-state index contributed by atoms with van der Waals surface area (Å²) in [4.78, 5) is 4.64. The van der Waals surface area contributed by atoms with Crippen LogP contribution in [0.2, 0.25) is 0 Å². The van der Waals surface area contributed by atoms with Crippen LogP contribution >= 0.6 is 0 Å². The number of nitrogens with zero attached hydrogens (tertiary/aromatic N) is 1. The fourth-order valence-corrected chi connectivity index (χ4v) is 4.25. The summed E-state index contributed by atoms with van der Waals surface area (Å²) in [5.74, 6) is 0.845. The van der Waals surface area contributed by atoms with Gasteiger partial charge in [-0.15, -0.1) is 0 Å². The third kappa shape index (κ3) is 2.62. The minimum Gasteiger partial charge on any atom is -0.455 e. The summed E-state index contributed by atoms with van der Waals surface area (Å²) in [6.07, 6.45) is 8.64. The number of aromatic nitrogens is 1. The van der Waals surface area contributed by atoms with E-state index in [9.17, 15) is 0 Å². The Balaban J connectivity index is 1.60. The monoisotopic (exact) mass is 327 g/mol. The van der Waals surface area contributed by atoms with Gasteiger partial charge in [-0.25, -0.2) is 0 Å². The van der Waals surface area contributed by atoms with E-state index in [1.807, 2.05) is 18.3 Å². The lowest BCUT2D eigenvalue weighted by Gasteiger charge is -2.10. The van der Waals surface area contributed by atoms with Crippen molar-refractivity contribution in [3.05, 3.63) is 66.4 Å². The molecule has 0 saturated heterocycles. The first-order valence-corrected chi connectivity index (χ1v) is 9.24. The predicted octanol–water partition coefficient (Wildman–Crippen LogP) is 6.38. The fraction of sp³-hybridized carbons (Fsp3) is 0.261. The van der Waals surface area contributed by atoms with Gasteiger partial charge in [-0.05, 0) is 42.2 Å². The summed E-state index contributed by atoms with van der Waals surface area (Å²) in [6, 6.07) is 19.0. The molecule has 2 nitrogen and oxygen atoms in total. The van der Waals surface area contributed by atoms with E-state index in [1.165, 1.54) is 43.1 Å². The van der Waals surface area contributed by atoms with Crippen molar-refractivity contribution in [2.24, 2.45) is 5.92 Å². The number of para-hydroxylation sites is 2. The zero-order valence-electron chi connectivity index (χ0n) is 14.2. The zero-order chi connectivity index (χ0) is 16.6. The average molecular weight is 327 g/mol. The fourth-order valence-electron chi connectivity index (χ4n) is 4.25. The number of fused-ring (bicyclic) bond motifs is 3. The molecule has 1 saturated carbocycles. The van der Waals surface area contributed by atoms with Crippen LogP contribution in [0.4, 0.5) is 0 Å². The van der Waals surface area contributed by atoms with Crippen LogP contribution in [0.15, 0.2) is 65.2 Å². The second-order valence-corrected chi connectivity index (χ2v) is 7.18. The smallest absolute Gasteiger partial charge is 0.144 e. The van der Waals surface area contributed by atoms with E-state index in [1.54, 1.807) is 0 Å². The van der Waals surface area contributed by atoms with E-state index in [4.69, 9.17) is 4.42 Å². The summed E-state index contributed by atoms with van der Waals surface area (Å²) in [7, 11) is 0. The Kier molecular flexibility index (Phi) is 3.55. The van der Waals surface area contributed by atoms with Gasteiger partial charge in [-0.3, -0.25) is 4.98 Å². The maximum absolute atomic E-state index is 6.17. The topological polar surface area (TPSA) is 26.0 Å². The van der Waals surface area contributed by atoms with Crippen molar-refractivity contribution in [1.29, 1.82) is 0 Å². The quantitative estimate of drug-likeness (QED) is 0.436. The van der Waals surface area contributed by atoms with Crippen LogP contribution < -0.4 is 0 Å². The molecule has 124 valence electrons. The minimum atomic E-state index is 0.845. The number of benzene rings is 2. The summed E-state index contributed by atoms with van der Waals surface area (Å²) < 4.78 is 6.17. The normalized spacial score (nSPS) is 15.4. The Morgan fingerprint density at radius 1 is 0.920 bits per heavy atom. The van der Waals surface area contributed by atoms with E-state index < -0.39 is 0 Å². The molecular formula is C23H21NO. The molecule has 2 aromatic heterocycles. The van der Waals surface area contributed by atoms with Gasteiger partial charge in [0.2, 0.25) is 0 Å². The molecule has 2 heterocycles. The summed E-state index contributed by atoms with van der Waals surface area (Å²) >= 11 is 0. The van der Waals surface area contributed by atoms with Gasteiger partial charge in [0.15, 0.2) is 0 Å². The minimum absolute atomic E-state index is 0.845. The number of hydrogen-bond acceptors (Lipinski definition) is 2. The standard InChI is InChI=1S/C23H21NO/c1-2-7-16(6-1)14-17-12-13-24-21(15-17)20-10-5-9-19-18-8-3-4-11-22(18)25-23(19)20/h3-5,8-13,15-16H,1-2,6-7,14H2. The van der Waals surface area contributed by atoms with Gasteiger partial charge in [0.1, 0.15) is 11.2 Å². The van der Waals surface area contributed by atoms with E-state index in [2.05, 4.69) is 47.4 Å². The van der Waals surface area contributed by atoms with Crippen molar-refractivity contribution in [3.63, 3.8) is 0 Å². The highest BCUT2D eigenvalue weighted by molar-refractivity contribution is 6.09. The molecule has 4 aromatic rings. The lowest BCUT2D eigenvalue weighted by atomic mass is 9.97. The molecule has 0 radical (unpaired) electrons. The van der Waals surface area contributed by atoms with Gasteiger partial charge in [0.05, 0.1) is 5.69 Å². The molecule has 5 rings (SSSR count). The molecule has 0 atom stereocenters. The van der Waals surface area contributed by atoms with Crippen LogP contribution in [0.1, 0.15) is 31.2 Å². The van der Waals surface area contributed by atoms with Crippen LogP contribution in [0.5, 0.6) is 0 Å². The Hall–Kier alpha value is -2.61. The summed E-state index contributed by atoms with van der Waals surface area (Å²) in [5, 5.41) is 2.33. The molecule has 0 aliphatic heterocycles. The Morgan fingerprint density at radius 3 is 2.68 bits per heavy atom. The van der Waals surface area contributed by atoms with Crippen molar-refractivity contribution in [3.8, 4) is 11.3 Å². The molecule has 2 heteroatoms. The first-order chi connectivity index (χ1) is 12.4. The Bertz CT molecular complexity index is 1040. The highest BCUT2D eigenvalue weighted by Gasteiger charge is 2.17. The third-order valence-electron chi connectivity index (χ3n) is 5.50. The van der Waals surface area contributed by atoms with Crippen LogP contribution in [0.25, 0.3) is 33.2 Å². The average Bonchev–Trinajstić information content (AvgIpc) is 3.29. The molecular weight excluding hydrogens is 306 g/mol. The first kappa shape index (κ1) is 14.7. The largest absolute Gasteiger partial charge is 0.455 e. The maximum Gasteiger partial charge on any atom is 0.144 e. The zero-order valence-corrected chi connectivity index (χ0v) is 14.2. The second-order valence-electron chi connectivity index (χ2n) is 7.18. The van der Waals surface area contributed by atoms with Gasteiger partial charge < -0.3 is 4.42 Å². The lowest BCUT2D eigenvalue weighted by Crippen LogP contribution is -1.99. The number of rotatable bonds is 3. The van der Waals surface area contributed by atoms with Gasteiger partial charge in [-0.1, -0.05) is 56.0 Å². The van der Waals surface area contributed by atoms with E-state index in [0.717, 1.165) is 33.7 Å².